The van der Waals surface area contributed by atoms with Gasteiger partial charge in [0.25, 0.3) is 0 Å². The Labute approximate surface area is 154 Å². The molecule has 0 spiro atoms. The smallest absolute Gasteiger partial charge is 0.308 e. The SMILES string of the molecule is CC(=O)Oc1ccc(C(c2ccc(Br)cc2)c2cccc[n+]2[O-])cc1. The Balaban J connectivity index is 2.06. The predicted octanol–water partition coefficient (Wildman–Crippen LogP) is 4.19. The second-order valence-corrected chi connectivity index (χ2v) is 6.51. The number of benzene rings is 2. The minimum Gasteiger partial charge on any atom is -0.618 e. The number of hydrogen-bond donors (Lipinski definition) is 0. The Morgan fingerprint density at radius 1 is 1.00 bits per heavy atom. The molecule has 4 nitrogen and oxygen atoms in total. The van der Waals surface area contributed by atoms with Gasteiger partial charge in [0.15, 0.2) is 6.20 Å². The van der Waals surface area contributed by atoms with Crippen LogP contribution in [0.2, 0.25) is 0 Å². The first-order valence-corrected chi connectivity index (χ1v) is 8.56. The van der Waals surface area contributed by atoms with Crippen LogP contribution in [0.5, 0.6) is 5.75 Å². The summed E-state index contributed by atoms with van der Waals surface area (Å²) in [6, 6.07) is 20.5. The largest absolute Gasteiger partial charge is 0.618 e. The fourth-order valence-corrected chi connectivity index (χ4v) is 3.01. The number of aromatic nitrogens is 1. The van der Waals surface area contributed by atoms with Crippen molar-refractivity contribution >= 4 is 21.9 Å². The van der Waals surface area contributed by atoms with Gasteiger partial charge in [0.2, 0.25) is 5.69 Å². The van der Waals surface area contributed by atoms with Crippen LogP contribution >= 0.6 is 15.9 Å². The van der Waals surface area contributed by atoms with E-state index < -0.39 is 0 Å². The van der Waals surface area contributed by atoms with Crippen molar-refractivity contribution in [2.24, 2.45) is 0 Å². The molecule has 0 aliphatic heterocycles. The van der Waals surface area contributed by atoms with Crippen LogP contribution in [-0.2, 0) is 4.79 Å². The summed E-state index contributed by atoms with van der Waals surface area (Å²) in [6.45, 7) is 1.36. The lowest BCUT2D eigenvalue weighted by Crippen LogP contribution is -2.33. The van der Waals surface area contributed by atoms with Gasteiger partial charge >= 0.3 is 5.97 Å². The van der Waals surface area contributed by atoms with Crippen LogP contribution in [0.4, 0.5) is 0 Å². The number of pyridine rings is 1. The zero-order valence-electron chi connectivity index (χ0n) is 13.6. The predicted molar refractivity (Wildman–Crippen MR) is 98.2 cm³/mol. The molecule has 25 heavy (non-hydrogen) atoms. The molecule has 0 saturated heterocycles. The summed E-state index contributed by atoms with van der Waals surface area (Å²) in [5.74, 6) is -0.107. The Hall–Kier alpha value is -2.66. The van der Waals surface area contributed by atoms with E-state index in [0.717, 1.165) is 20.3 Å². The van der Waals surface area contributed by atoms with Gasteiger partial charge in [0.1, 0.15) is 5.75 Å². The topological polar surface area (TPSA) is 53.2 Å². The number of hydrogen-bond acceptors (Lipinski definition) is 3. The molecular formula is C20H16BrNO3. The molecule has 3 rings (SSSR count). The molecule has 0 N–H and O–H groups in total. The molecule has 0 amide bonds. The van der Waals surface area contributed by atoms with Crippen LogP contribution in [0.3, 0.4) is 0 Å². The normalized spacial score (nSPS) is 11.8. The van der Waals surface area contributed by atoms with Gasteiger partial charge in [-0.15, -0.1) is 0 Å². The fourth-order valence-electron chi connectivity index (χ4n) is 2.75. The number of carbonyl (C=O) groups is 1. The van der Waals surface area contributed by atoms with Gasteiger partial charge in [-0.25, -0.2) is 0 Å². The highest BCUT2D eigenvalue weighted by Gasteiger charge is 2.23. The quantitative estimate of drug-likeness (QED) is 0.287. The molecule has 0 radical (unpaired) electrons. The number of ether oxygens (including phenoxy) is 1. The molecule has 0 aliphatic carbocycles. The average molecular weight is 398 g/mol. The Morgan fingerprint density at radius 3 is 2.16 bits per heavy atom. The molecule has 3 aromatic rings. The second kappa shape index (κ2) is 7.49. The summed E-state index contributed by atoms with van der Waals surface area (Å²) in [6.07, 6.45) is 1.49. The van der Waals surface area contributed by atoms with Crippen molar-refractivity contribution in [3.05, 3.63) is 99.4 Å². The monoisotopic (exact) mass is 397 g/mol. The highest BCUT2D eigenvalue weighted by molar-refractivity contribution is 9.10. The zero-order chi connectivity index (χ0) is 17.8. The minimum atomic E-state index is -0.363. The first kappa shape index (κ1) is 17.2. The molecule has 126 valence electrons. The van der Waals surface area contributed by atoms with E-state index in [-0.39, 0.29) is 11.9 Å². The van der Waals surface area contributed by atoms with Gasteiger partial charge in [0, 0.05) is 23.5 Å². The van der Waals surface area contributed by atoms with Crippen LogP contribution in [-0.4, -0.2) is 5.97 Å². The van der Waals surface area contributed by atoms with Crippen molar-refractivity contribution in [1.82, 2.24) is 0 Å². The number of nitrogens with zero attached hydrogens (tertiary/aromatic N) is 1. The lowest BCUT2D eigenvalue weighted by atomic mass is 9.88. The molecule has 1 unspecified atom stereocenters. The zero-order valence-corrected chi connectivity index (χ0v) is 15.1. The average Bonchev–Trinajstić information content (AvgIpc) is 2.59. The standard InChI is InChI=1S/C20H16BrNO3/c1-14(23)25-18-11-7-16(8-12-18)20(15-5-9-17(21)10-6-15)19-4-2-3-13-22(19)24/h2-13,20H,1H3. The third-order valence-electron chi connectivity index (χ3n) is 3.83. The Morgan fingerprint density at radius 2 is 1.60 bits per heavy atom. The van der Waals surface area contributed by atoms with Gasteiger partial charge in [-0.2, -0.15) is 4.73 Å². The number of halogens is 1. The van der Waals surface area contributed by atoms with Crippen LogP contribution in [0, 0.1) is 5.21 Å². The van der Waals surface area contributed by atoms with Crippen molar-refractivity contribution in [2.45, 2.75) is 12.8 Å². The maximum atomic E-state index is 12.3. The first-order chi connectivity index (χ1) is 12.0. The molecule has 5 heteroatoms. The molecule has 0 fully saturated rings. The van der Waals surface area contributed by atoms with Crippen LogP contribution < -0.4 is 9.47 Å². The van der Waals surface area contributed by atoms with Crippen molar-refractivity contribution < 1.29 is 14.3 Å². The molecule has 0 saturated carbocycles. The van der Waals surface area contributed by atoms with Crippen molar-refractivity contribution in [2.75, 3.05) is 0 Å². The summed E-state index contributed by atoms with van der Waals surface area (Å²) >= 11 is 3.44. The summed E-state index contributed by atoms with van der Waals surface area (Å²) in [5.41, 5.74) is 2.57. The molecule has 0 aliphatic rings. The van der Waals surface area contributed by atoms with Gasteiger partial charge in [0.05, 0.1) is 5.92 Å². The van der Waals surface area contributed by atoms with Gasteiger partial charge < -0.3 is 9.94 Å². The maximum Gasteiger partial charge on any atom is 0.308 e. The van der Waals surface area contributed by atoms with E-state index in [0.29, 0.717) is 11.4 Å². The Bertz CT molecular complexity index is 876. The molecular weight excluding hydrogens is 382 g/mol. The van der Waals surface area contributed by atoms with E-state index in [9.17, 15) is 10.0 Å². The summed E-state index contributed by atoms with van der Waals surface area (Å²) in [7, 11) is 0. The van der Waals surface area contributed by atoms with E-state index >= 15 is 0 Å². The van der Waals surface area contributed by atoms with Crippen molar-refractivity contribution in [3.63, 3.8) is 0 Å². The van der Waals surface area contributed by atoms with Crippen LogP contribution in [0.1, 0.15) is 29.7 Å². The second-order valence-electron chi connectivity index (χ2n) is 5.60. The van der Waals surface area contributed by atoms with E-state index in [4.69, 9.17) is 4.74 Å². The minimum absolute atomic E-state index is 0.224. The number of carbonyl (C=O) groups excluding carboxylic acids is 1. The van der Waals surface area contributed by atoms with Crippen LogP contribution in [0.25, 0.3) is 0 Å². The van der Waals surface area contributed by atoms with E-state index in [2.05, 4.69) is 15.9 Å². The lowest BCUT2D eigenvalue weighted by Gasteiger charge is -2.18. The maximum absolute atomic E-state index is 12.3. The summed E-state index contributed by atoms with van der Waals surface area (Å²) in [5, 5.41) is 12.3. The highest BCUT2D eigenvalue weighted by atomic mass is 79.9. The van der Waals surface area contributed by atoms with E-state index in [1.54, 1.807) is 18.2 Å². The summed E-state index contributed by atoms with van der Waals surface area (Å²) < 4.78 is 6.94. The molecule has 0 bridgehead atoms. The third-order valence-corrected chi connectivity index (χ3v) is 4.36. The third kappa shape index (κ3) is 4.06. The summed E-state index contributed by atoms with van der Waals surface area (Å²) in [4.78, 5) is 11.1. The van der Waals surface area contributed by atoms with E-state index in [1.807, 2.05) is 48.5 Å². The molecule has 2 aromatic carbocycles. The van der Waals surface area contributed by atoms with E-state index in [1.165, 1.54) is 13.1 Å². The van der Waals surface area contributed by atoms with Crippen molar-refractivity contribution in [1.29, 1.82) is 0 Å². The number of rotatable bonds is 4. The lowest BCUT2D eigenvalue weighted by molar-refractivity contribution is -0.614. The number of esters is 1. The molecule has 1 aromatic heterocycles. The highest BCUT2D eigenvalue weighted by Crippen LogP contribution is 2.31. The van der Waals surface area contributed by atoms with Gasteiger partial charge in [-0.3, -0.25) is 4.79 Å². The van der Waals surface area contributed by atoms with Gasteiger partial charge in [-0.05, 0) is 41.5 Å². The first-order valence-electron chi connectivity index (χ1n) is 7.76. The molecule has 1 atom stereocenters. The van der Waals surface area contributed by atoms with Crippen LogP contribution in [0.15, 0.2) is 77.4 Å². The Kier molecular flexibility index (Phi) is 5.14. The van der Waals surface area contributed by atoms with Gasteiger partial charge in [-0.1, -0.05) is 40.2 Å². The molecule has 1 heterocycles. The fraction of sp³-hybridized carbons (Fsp3) is 0.100. The van der Waals surface area contributed by atoms with Crippen molar-refractivity contribution in [3.8, 4) is 5.75 Å².